The lowest BCUT2D eigenvalue weighted by molar-refractivity contribution is -0.121. The van der Waals surface area contributed by atoms with Crippen molar-refractivity contribution in [3.05, 3.63) is 12.1 Å². The summed E-state index contributed by atoms with van der Waals surface area (Å²) in [7, 11) is 2.94. The van der Waals surface area contributed by atoms with E-state index in [2.05, 4.69) is 4.98 Å². The molecule has 2 rings (SSSR count). The lowest BCUT2D eigenvalue weighted by Crippen LogP contribution is -2.25. The van der Waals surface area contributed by atoms with Gasteiger partial charge in [0.2, 0.25) is 17.7 Å². The predicted octanol–water partition coefficient (Wildman–Crippen LogP) is 0.405. The van der Waals surface area contributed by atoms with E-state index in [4.69, 9.17) is 9.47 Å². The van der Waals surface area contributed by atoms with E-state index in [1.807, 2.05) is 0 Å². The number of ether oxygens (including phenoxy) is 2. The van der Waals surface area contributed by atoms with Crippen molar-refractivity contribution in [2.24, 2.45) is 0 Å². The largest absolute Gasteiger partial charge is 0.481 e. The third kappa shape index (κ3) is 2.06. The highest BCUT2D eigenvalue weighted by atomic mass is 16.5. The van der Waals surface area contributed by atoms with E-state index >= 15 is 0 Å². The number of anilines is 1. The minimum absolute atomic E-state index is 0.0603. The van der Waals surface area contributed by atoms with Gasteiger partial charge in [0.05, 0.1) is 27.2 Å². The number of amides is 1. The van der Waals surface area contributed by atoms with Crippen molar-refractivity contribution in [1.82, 2.24) is 4.98 Å². The summed E-state index contributed by atoms with van der Waals surface area (Å²) in [5.41, 5.74) is 0.490. The summed E-state index contributed by atoms with van der Waals surface area (Å²) in [6.07, 6.45) is -0.0603. The second-order valence-electron chi connectivity index (χ2n) is 3.58. The van der Waals surface area contributed by atoms with Crippen LogP contribution in [0.15, 0.2) is 12.1 Å². The van der Waals surface area contributed by atoms with E-state index in [1.54, 1.807) is 12.1 Å². The zero-order valence-electron chi connectivity index (χ0n) is 9.60. The molecule has 0 atom stereocenters. The minimum Gasteiger partial charge on any atom is -0.481 e. The van der Waals surface area contributed by atoms with Gasteiger partial charge >= 0.3 is 0 Å². The van der Waals surface area contributed by atoms with Crippen LogP contribution in [0.1, 0.15) is 6.42 Å². The third-order valence-corrected chi connectivity index (χ3v) is 2.49. The molecule has 1 aromatic rings. The summed E-state index contributed by atoms with van der Waals surface area (Å²) >= 11 is 0. The summed E-state index contributed by atoms with van der Waals surface area (Å²) < 4.78 is 10.0. The number of hydrogen-bond donors (Lipinski definition) is 0. The Kier molecular flexibility index (Phi) is 2.95. The van der Waals surface area contributed by atoms with Gasteiger partial charge in [-0.15, -0.1) is 0 Å². The molecule has 1 amide bonds. The first-order valence-electron chi connectivity index (χ1n) is 5.06. The van der Waals surface area contributed by atoms with Gasteiger partial charge in [-0.1, -0.05) is 0 Å². The molecule has 17 heavy (non-hydrogen) atoms. The van der Waals surface area contributed by atoms with Gasteiger partial charge < -0.3 is 9.47 Å². The Morgan fingerprint density at radius 3 is 2.53 bits per heavy atom. The molecule has 0 unspecified atom stereocenters. The first-order chi connectivity index (χ1) is 8.15. The van der Waals surface area contributed by atoms with E-state index in [1.165, 1.54) is 19.1 Å². The standard InChI is InChI=1S/C11H12N2O4/c1-16-9-4-3-8(11(12-9)17-2)13-6-7(14)5-10(13)15/h3-4H,5-6H2,1-2H3. The molecule has 6 heteroatoms. The number of nitrogens with zero attached hydrogens (tertiary/aromatic N) is 2. The Balaban J connectivity index is 2.38. The van der Waals surface area contributed by atoms with Crippen molar-refractivity contribution < 1.29 is 19.1 Å². The van der Waals surface area contributed by atoms with Gasteiger partial charge in [-0.3, -0.25) is 14.5 Å². The smallest absolute Gasteiger partial charge is 0.241 e. The van der Waals surface area contributed by atoms with Crippen LogP contribution in [0.5, 0.6) is 11.8 Å². The average molecular weight is 236 g/mol. The van der Waals surface area contributed by atoms with Crippen molar-refractivity contribution >= 4 is 17.4 Å². The van der Waals surface area contributed by atoms with Gasteiger partial charge in [-0.25, -0.2) is 0 Å². The molecule has 1 aliphatic rings. The number of ketones is 1. The fourth-order valence-corrected chi connectivity index (χ4v) is 1.69. The molecule has 0 aromatic carbocycles. The molecular weight excluding hydrogens is 224 g/mol. The van der Waals surface area contributed by atoms with E-state index < -0.39 is 0 Å². The monoisotopic (exact) mass is 236 g/mol. The maximum Gasteiger partial charge on any atom is 0.241 e. The summed E-state index contributed by atoms with van der Waals surface area (Å²) in [6.45, 7) is 0.0726. The van der Waals surface area contributed by atoms with Crippen LogP contribution >= 0.6 is 0 Å². The molecular formula is C11H12N2O4. The highest BCUT2D eigenvalue weighted by molar-refractivity contribution is 6.15. The minimum atomic E-state index is -0.236. The Labute approximate surface area is 98.1 Å². The molecule has 0 spiro atoms. The molecule has 0 saturated carbocycles. The number of aromatic nitrogens is 1. The highest BCUT2D eigenvalue weighted by Gasteiger charge is 2.31. The van der Waals surface area contributed by atoms with Gasteiger partial charge in [-0.2, -0.15) is 4.98 Å². The fraction of sp³-hybridized carbons (Fsp3) is 0.364. The van der Waals surface area contributed by atoms with Crippen molar-refractivity contribution in [1.29, 1.82) is 0 Å². The molecule has 1 aliphatic heterocycles. The van der Waals surface area contributed by atoms with E-state index in [0.717, 1.165) is 0 Å². The average Bonchev–Trinajstić information content (AvgIpc) is 2.67. The topological polar surface area (TPSA) is 68.7 Å². The maximum absolute atomic E-state index is 11.6. The fourth-order valence-electron chi connectivity index (χ4n) is 1.69. The van der Waals surface area contributed by atoms with Gasteiger partial charge in [-0.05, 0) is 6.07 Å². The lowest BCUT2D eigenvalue weighted by atomic mass is 10.3. The molecule has 0 bridgehead atoms. The van der Waals surface area contributed by atoms with E-state index in [0.29, 0.717) is 11.6 Å². The molecule has 1 aromatic heterocycles. The Morgan fingerprint density at radius 2 is 2.00 bits per heavy atom. The number of Topliss-reactive ketones (excluding diaryl/α,β-unsaturated/α-hetero) is 1. The van der Waals surface area contributed by atoms with Gasteiger partial charge in [0.25, 0.3) is 0 Å². The lowest BCUT2D eigenvalue weighted by Gasteiger charge is -2.17. The molecule has 0 radical (unpaired) electrons. The molecule has 2 heterocycles. The number of rotatable bonds is 3. The maximum atomic E-state index is 11.6. The first-order valence-corrected chi connectivity index (χ1v) is 5.06. The number of pyridine rings is 1. The van der Waals surface area contributed by atoms with Crippen LogP contribution in [0.3, 0.4) is 0 Å². The Hall–Kier alpha value is -2.11. The molecule has 6 nitrogen and oxygen atoms in total. The van der Waals surface area contributed by atoms with Crippen LogP contribution < -0.4 is 14.4 Å². The van der Waals surface area contributed by atoms with Gasteiger partial charge in [0, 0.05) is 6.07 Å². The van der Waals surface area contributed by atoms with E-state index in [-0.39, 0.29) is 30.5 Å². The van der Waals surface area contributed by atoms with Crippen molar-refractivity contribution in [3.63, 3.8) is 0 Å². The van der Waals surface area contributed by atoms with E-state index in [9.17, 15) is 9.59 Å². The van der Waals surface area contributed by atoms with Crippen LogP contribution in [-0.2, 0) is 9.59 Å². The number of methoxy groups -OCH3 is 2. The van der Waals surface area contributed by atoms with Crippen LogP contribution in [-0.4, -0.2) is 37.4 Å². The summed E-state index contributed by atoms with van der Waals surface area (Å²) in [5.74, 6) is 0.323. The van der Waals surface area contributed by atoms with Crippen molar-refractivity contribution in [2.45, 2.75) is 6.42 Å². The van der Waals surface area contributed by atoms with Crippen LogP contribution in [0, 0.1) is 0 Å². The molecule has 0 N–H and O–H groups in total. The van der Waals surface area contributed by atoms with Gasteiger partial charge in [0.15, 0.2) is 5.78 Å². The van der Waals surface area contributed by atoms with Crippen LogP contribution in [0.4, 0.5) is 5.69 Å². The predicted molar refractivity (Wildman–Crippen MR) is 59.3 cm³/mol. The van der Waals surface area contributed by atoms with Crippen LogP contribution in [0.25, 0.3) is 0 Å². The zero-order chi connectivity index (χ0) is 12.4. The summed E-state index contributed by atoms with van der Waals surface area (Å²) in [4.78, 5) is 28.2. The second kappa shape index (κ2) is 4.40. The van der Waals surface area contributed by atoms with Crippen LogP contribution in [0.2, 0.25) is 0 Å². The number of hydrogen-bond acceptors (Lipinski definition) is 5. The second-order valence-corrected chi connectivity index (χ2v) is 3.58. The Bertz CT molecular complexity index is 473. The number of carbonyl (C=O) groups is 2. The first kappa shape index (κ1) is 11.4. The Morgan fingerprint density at radius 1 is 1.24 bits per heavy atom. The molecule has 1 fully saturated rings. The normalized spacial score (nSPS) is 15.3. The third-order valence-electron chi connectivity index (χ3n) is 2.49. The summed E-state index contributed by atoms with van der Waals surface area (Å²) in [5, 5.41) is 0. The molecule has 0 aliphatic carbocycles. The highest BCUT2D eigenvalue weighted by Crippen LogP contribution is 2.30. The molecule has 1 saturated heterocycles. The number of carbonyl (C=O) groups excluding carboxylic acids is 2. The summed E-state index contributed by atoms with van der Waals surface area (Å²) in [6, 6.07) is 3.27. The van der Waals surface area contributed by atoms with Crippen molar-refractivity contribution in [3.8, 4) is 11.8 Å². The molecule has 90 valence electrons. The SMILES string of the molecule is COc1ccc(N2CC(=O)CC2=O)c(OC)n1. The quantitative estimate of drug-likeness (QED) is 0.711. The zero-order valence-corrected chi connectivity index (χ0v) is 9.60. The van der Waals surface area contributed by atoms with Crippen molar-refractivity contribution in [2.75, 3.05) is 25.7 Å². The van der Waals surface area contributed by atoms with Gasteiger partial charge in [0.1, 0.15) is 5.69 Å².